The zero-order valence-corrected chi connectivity index (χ0v) is 13.3. The van der Waals surface area contributed by atoms with E-state index in [1.54, 1.807) is 0 Å². The van der Waals surface area contributed by atoms with Gasteiger partial charge in [0, 0.05) is 15.7 Å². The van der Waals surface area contributed by atoms with Gasteiger partial charge in [-0.25, -0.2) is 9.97 Å². The molecule has 0 spiro atoms. The molecule has 0 saturated heterocycles. The molecule has 0 unspecified atom stereocenters. The van der Waals surface area contributed by atoms with Crippen LogP contribution in [0.1, 0.15) is 46.8 Å². The van der Waals surface area contributed by atoms with Crippen LogP contribution in [0.4, 0.5) is 5.13 Å². The lowest BCUT2D eigenvalue weighted by Crippen LogP contribution is -2.15. The van der Waals surface area contributed by atoms with E-state index in [1.165, 1.54) is 22.7 Å². The molecule has 2 rings (SSSR count). The Kier molecular flexibility index (Phi) is 3.73. The van der Waals surface area contributed by atoms with E-state index in [2.05, 4.69) is 36.1 Å². The molecular weight excluding hydrogens is 278 g/mol. The van der Waals surface area contributed by atoms with Gasteiger partial charge >= 0.3 is 0 Å². The molecule has 0 aromatic carbocycles. The van der Waals surface area contributed by atoms with Gasteiger partial charge < -0.3 is 0 Å². The van der Waals surface area contributed by atoms with Gasteiger partial charge in [0.15, 0.2) is 5.13 Å². The van der Waals surface area contributed by atoms with Crippen molar-refractivity contribution in [2.24, 2.45) is 0 Å². The first kappa shape index (κ1) is 14.1. The third-order valence-electron chi connectivity index (χ3n) is 2.61. The molecule has 2 aromatic rings. The Morgan fingerprint density at radius 1 is 1.26 bits per heavy atom. The fraction of sp³-hybridized carbons (Fsp3) is 0.462. The molecule has 102 valence electrons. The van der Waals surface area contributed by atoms with Crippen LogP contribution in [0.3, 0.4) is 0 Å². The van der Waals surface area contributed by atoms with E-state index in [0.717, 1.165) is 15.6 Å². The maximum absolute atomic E-state index is 12.1. The third kappa shape index (κ3) is 3.19. The van der Waals surface area contributed by atoms with Crippen LogP contribution in [-0.2, 0) is 5.41 Å². The molecule has 0 aliphatic heterocycles. The van der Waals surface area contributed by atoms with E-state index in [9.17, 15) is 4.79 Å². The van der Waals surface area contributed by atoms with Crippen molar-refractivity contribution < 1.29 is 4.79 Å². The molecule has 0 aliphatic carbocycles. The molecule has 0 aliphatic rings. The van der Waals surface area contributed by atoms with Crippen LogP contribution in [0, 0.1) is 13.8 Å². The van der Waals surface area contributed by atoms with Gasteiger partial charge in [0.1, 0.15) is 5.69 Å². The average Bonchev–Trinajstić information content (AvgIpc) is 2.84. The molecule has 0 fully saturated rings. The quantitative estimate of drug-likeness (QED) is 0.917. The van der Waals surface area contributed by atoms with Gasteiger partial charge in [-0.1, -0.05) is 20.8 Å². The summed E-state index contributed by atoms with van der Waals surface area (Å²) in [5, 5.41) is 6.32. The maximum Gasteiger partial charge on any atom is 0.277 e. The second-order valence-electron chi connectivity index (χ2n) is 5.38. The Labute approximate surface area is 120 Å². The molecule has 1 N–H and O–H groups in total. The largest absolute Gasteiger partial charge is 0.296 e. The molecule has 0 saturated carbocycles. The summed E-state index contributed by atoms with van der Waals surface area (Å²) >= 11 is 2.97. The van der Waals surface area contributed by atoms with Crippen LogP contribution in [0.5, 0.6) is 0 Å². The number of carbonyl (C=O) groups is 1. The number of amides is 1. The van der Waals surface area contributed by atoms with E-state index in [4.69, 9.17) is 0 Å². The van der Waals surface area contributed by atoms with Crippen LogP contribution in [0.2, 0.25) is 0 Å². The van der Waals surface area contributed by atoms with Crippen LogP contribution in [0.25, 0.3) is 0 Å². The van der Waals surface area contributed by atoms with Gasteiger partial charge in [-0.3, -0.25) is 10.1 Å². The van der Waals surface area contributed by atoms with Crippen molar-refractivity contribution in [1.29, 1.82) is 0 Å². The van der Waals surface area contributed by atoms with Crippen molar-refractivity contribution >= 4 is 33.7 Å². The van der Waals surface area contributed by atoms with Gasteiger partial charge in [-0.05, 0) is 13.8 Å². The summed E-state index contributed by atoms with van der Waals surface area (Å²) in [4.78, 5) is 21.7. The van der Waals surface area contributed by atoms with Crippen LogP contribution < -0.4 is 5.32 Å². The standard InChI is InChI=1S/C13H17N3OS2/c1-7-10(14-8(2)19-7)11(17)16-12-15-9(6-18-12)13(3,4)5/h6H,1-5H3,(H,15,16,17). The molecule has 2 aromatic heterocycles. The lowest BCUT2D eigenvalue weighted by atomic mass is 9.93. The minimum atomic E-state index is -0.184. The summed E-state index contributed by atoms with van der Waals surface area (Å²) in [6.45, 7) is 10.1. The van der Waals surface area contributed by atoms with Crippen molar-refractivity contribution in [3.8, 4) is 0 Å². The van der Waals surface area contributed by atoms with Gasteiger partial charge in [0.05, 0.1) is 10.7 Å². The summed E-state index contributed by atoms with van der Waals surface area (Å²) in [6.07, 6.45) is 0. The maximum atomic E-state index is 12.1. The molecule has 6 heteroatoms. The van der Waals surface area contributed by atoms with Crippen LogP contribution >= 0.6 is 22.7 Å². The number of thiazole rings is 2. The van der Waals surface area contributed by atoms with Gasteiger partial charge in [-0.2, -0.15) is 0 Å². The zero-order chi connectivity index (χ0) is 14.2. The van der Waals surface area contributed by atoms with E-state index >= 15 is 0 Å². The summed E-state index contributed by atoms with van der Waals surface area (Å²) in [6, 6.07) is 0. The highest BCUT2D eigenvalue weighted by atomic mass is 32.1. The molecule has 0 radical (unpaired) electrons. The first-order valence-corrected chi connectivity index (χ1v) is 7.68. The second kappa shape index (κ2) is 5.02. The Balaban J connectivity index is 2.16. The Bertz CT molecular complexity index is 608. The minimum Gasteiger partial charge on any atom is -0.296 e. The summed E-state index contributed by atoms with van der Waals surface area (Å²) in [5.41, 5.74) is 1.47. The lowest BCUT2D eigenvalue weighted by Gasteiger charge is -2.14. The number of hydrogen-bond acceptors (Lipinski definition) is 5. The lowest BCUT2D eigenvalue weighted by molar-refractivity contribution is 0.102. The Morgan fingerprint density at radius 2 is 1.95 bits per heavy atom. The predicted molar refractivity (Wildman–Crippen MR) is 80.4 cm³/mol. The molecule has 19 heavy (non-hydrogen) atoms. The molecule has 2 heterocycles. The van der Waals surface area contributed by atoms with Crippen molar-refractivity contribution in [2.45, 2.75) is 40.0 Å². The topological polar surface area (TPSA) is 54.9 Å². The fourth-order valence-corrected chi connectivity index (χ4v) is 3.32. The third-order valence-corrected chi connectivity index (χ3v) is 4.26. The highest BCUT2D eigenvalue weighted by Gasteiger charge is 2.19. The molecule has 0 bridgehead atoms. The number of carbonyl (C=O) groups excluding carboxylic acids is 1. The monoisotopic (exact) mass is 295 g/mol. The second-order valence-corrected chi connectivity index (χ2v) is 7.65. The summed E-state index contributed by atoms with van der Waals surface area (Å²) in [5.74, 6) is -0.184. The number of aryl methyl sites for hydroxylation is 2. The van der Waals surface area contributed by atoms with Crippen molar-refractivity contribution in [3.05, 3.63) is 26.7 Å². The highest BCUT2D eigenvalue weighted by molar-refractivity contribution is 7.14. The number of nitrogens with one attached hydrogen (secondary N) is 1. The van der Waals surface area contributed by atoms with Gasteiger partial charge in [-0.15, -0.1) is 22.7 Å². The minimum absolute atomic E-state index is 0.00733. The van der Waals surface area contributed by atoms with E-state index < -0.39 is 0 Å². The average molecular weight is 295 g/mol. The molecular formula is C13H17N3OS2. The normalized spacial score (nSPS) is 11.6. The van der Waals surface area contributed by atoms with Crippen LogP contribution in [0.15, 0.2) is 5.38 Å². The number of anilines is 1. The van der Waals surface area contributed by atoms with E-state index in [0.29, 0.717) is 10.8 Å². The van der Waals surface area contributed by atoms with Crippen molar-refractivity contribution in [2.75, 3.05) is 5.32 Å². The SMILES string of the molecule is Cc1nc(C(=O)Nc2nc(C(C)(C)C)cs2)c(C)s1. The van der Waals surface area contributed by atoms with Gasteiger partial charge in [0.25, 0.3) is 5.91 Å². The number of nitrogens with zero attached hydrogens (tertiary/aromatic N) is 2. The Hall–Kier alpha value is -1.27. The molecule has 0 atom stereocenters. The van der Waals surface area contributed by atoms with Crippen LogP contribution in [-0.4, -0.2) is 15.9 Å². The Morgan fingerprint density at radius 3 is 2.42 bits per heavy atom. The van der Waals surface area contributed by atoms with Crippen molar-refractivity contribution in [1.82, 2.24) is 9.97 Å². The predicted octanol–water partition coefficient (Wildman–Crippen LogP) is 3.77. The smallest absolute Gasteiger partial charge is 0.277 e. The fourth-order valence-electron chi connectivity index (χ4n) is 1.57. The first-order valence-electron chi connectivity index (χ1n) is 5.99. The van der Waals surface area contributed by atoms with Crippen molar-refractivity contribution in [3.63, 3.8) is 0 Å². The summed E-state index contributed by atoms with van der Waals surface area (Å²) < 4.78 is 0. The summed E-state index contributed by atoms with van der Waals surface area (Å²) in [7, 11) is 0. The number of rotatable bonds is 2. The van der Waals surface area contributed by atoms with Gasteiger partial charge in [0.2, 0.25) is 0 Å². The molecule has 1 amide bonds. The van der Waals surface area contributed by atoms with E-state index in [-0.39, 0.29) is 11.3 Å². The number of aromatic nitrogens is 2. The molecule has 4 nitrogen and oxygen atoms in total. The van der Waals surface area contributed by atoms with E-state index in [1.807, 2.05) is 19.2 Å². The first-order chi connectivity index (χ1) is 8.77. The highest BCUT2D eigenvalue weighted by Crippen LogP contribution is 2.27. The number of hydrogen-bond donors (Lipinski definition) is 1. The zero-order valence-electron chi connectivity index (χ0n) is 11.7.